The van der Waals surface area contributed by atoms with Gasteiger partial charge in [0.1, 0.15) is 0 Å². The lowest BCUT2D eigenvalue weighted by Gasteiger charge is -2.21. The molecular formula is C17H24BrNO6. The van der Waals surface area contributed by atoms with Gasteiger partial charge in [-0.15, -0.1) is 0 Å². The van der Waals surface area contributed by atoms with Gasteiger partial charge in [-0.05, 0) is 34.8 Å². The highest BCUT2D eigenvalue weighted by Crippen LogP contribution is 2.48. The van der Waals surface area contributed by atoms with E-state index in [4.69, 9.17) is 18.9 Å². The van der Waals surface area contributed by atoms with E-state index in [9.17, 15) is 9.59 Å². The first-order valence-corrected chi connectivity index (χ1v) is 8.59. The average Bonchev–Trinajstić information content (AvgIpc) is 2.57. The van der Waals surface area contributed by atoms with Crippen molar-refractivity contribution in [3.05, 3.63) is 15.6 Å². The number of hydrogen-bond donors (Lipinski definition) is 1. The van der Waals surface area contributed by atoms with Gasteiger partial charge in [0.15, 0.2) is 11.5 Å². The minimum absolute atomic E-state index is 0.0422. The molecule has 0 bridgehead atoms. The zero-order valence-corrected chi connectivity index (χ0v) is 16.7. The van der Waals surface area contributed by atoms with Crippen LogP contribution in [0.4, 0.5) is 0 Å². The predicted molar refractivity (Wildman–Crippen MR) is 96.5 cm³/mol. The molecule has 0 aromatic heterocycles. The number of rotatable bonds is 9. The molecule has 0 spiro atoms. The van der Waals surface area contributed by atoms with E-state index in [1.54, 1.807) is 6.92 Å². The zero-order chi connectivity index (χ0) is 19.0. The van der Waals surface area contributed by atoms with Gasteiger partial charge in [0.05, 0.1) is 38.8 Å². The number of carbonyl (C=O) groups excluding carboxylic acids is 2. The highest BCUT2D eigenvalue weighted by molar-refractivity contribution is 9.10. The Balaban J connectivity index is 3.45. The van der Waals surface area contributed by atoms with Crippen LogP contribution in [-0.2, 0) is 27.2 Å². The van der Waals surface area contributed by atoms with E-state index in [2.05, 4.69) is 21.2 Å². The van der Waals surface area contributed by atoms with Crippen LogP contribution in [-0.4, -0.2) is 46.4 Å². The summed E-state index contributed by atoms with van der Waals surface area (Å²) in [7, 11) is 4.53. The largest absolute Gasteiger partial charge is 0.492 e. The SMILES string of the molecule is CCOC(=O)Cc1c(Br)c(OC)c(OC)c(OC)c1CCNC(C)=O. The number of esters is 1. The van der Waals surface area contributed by atoms with Crippen molar-refractivity contribution in [1.82, 2.24) is 5.32 Å². The van der Waals surface area contributed by atoms with E-state index in [1.165, 1.54) is 28.3 Å². The van der Waals surface area contributed by atoms with Crippen LogP contribution in [0.15, 0.2) is 4.47 Å². The fourth-order valence-corrected chi connectivity index (χ4v) is 3.22. The Morgan fingerprint density at radius 1 is 1.00 bits per heavy atom. The monoisotopic (exact) mass is 417 g/mol. The molecule has 0 heterocycles. The maximum Gasteiger partial charge on any atom is 0.310 e. The van der Waals surface area contributed by atoms with Crippen molar-refractivity contribution in [1.29, 1.82) is 0 Å². The van der Waals surface area contributed by atoms with Gasteiger partial charge in [-0.2, -0.15) is 0 Å². The molecule has 1 aromatic carbocycles. The summed E-state index contributed by atoms with van der Waals surface area (Å²) in [6, 6.07) is 0. The Labute approximate surface area is 156 Å². The Morgan fingerprint density at radius 3 is 2.08 bits per heavy atom. The van der Waals surface area contributed by atoms with E-state index in [0.29, 0.717) is 46.9 Å². The van der Waals surface area contributed by atoms with Crippen LogP contribution in [0.25, 0.3) is 0 Å². The molecular weight excluding hydrogens is 394 g/mol. The summed E-state index contributed by atoms with van der Waals surface area (Å²) in [6.07, 6.45) is 0.497. The summed E-state index contributed by atoms with van der Waals surface area (Å²) in [6.45, 7) is 3.88. The number of amides is 1. The van der Waals surface area contributed by atoms with Crippen LogP contribution in [0.2, 0.25) is 0 Å². The topological polar surface area (TPSA) is 83.1 Å². The van der Waals surface area contributed by atoms with E-state index in [0.717, 1.165) is 5.56 Å². The molecule has 1 rings (SSSR count). The van der Waals surface area contributed by atoms with Crippen LogP contribution in [0.3, 0.4) is 0 Å². The van der Waals surface area contributed by atoms with Crippen LogP contribution >= 0.6 is 15.9 Å². The van der Waals surface area contributed by atoms with Crippen molar-refractivity contribution in [2.45, 2.75) is 26.7 Å². The molecule has 0 aliphatic carbocycles. The molecule has 140 valence electrons. The van der Waals surface area contributed by atoms with Crippen molar-refractivity contribution in [2.75, 3.05) is 34.5 Å². The van der Waals surface area contributed by atoms with Crippen LogP contribution in [0.5, 0.6) is 17.2 Å². The molecule has 1 N–H and O–H groups in total. The van der Waals surface area contributed by atoms with Gasteiger partial charge >= 0.3 is 5.97 Å². The third-order valence-electron chi connectivity index (χ3n) is 3.50. The number of hydrogen-bond acceptors (Lipinski definition) is 6. The Bertz CT molecular complexity index is 632. The van der Waals surface area contributed by atoms with Gasteiger partial charge in [0, 0.05) is 19.0 Å². The molecule has 1 aromatic rings. The molecule has 0 atom stereocenters. The smallest absolute Gasteiger partial charge is 0.310 e. The maximum absolute atomic E-state index is 12.0. The Kier molecular flexibility index (Phi) is 8.54. The highest BCUT2D eigenvalue weighted by atomic mass is 79.9. The Morgan fingerprint density at radius 2 is 1.60 bits per heavy atom. The van der Waals surface area contributed by atoms with E-state index in [1.807, 2.05) is 0 Å². The van der Waals surface area contributed by atoms with Crippen LogP contribution < -0.4 is 19.5 Å². The second kappa shape index (κ2) is 10.1. The summed E-state index contributed by atoms with van der Waals surface area (Å²) in [5, 5.41) is 2.74. The molecule has 0 saturated carbocycles. The fourth-order valence-electron chi connectivity index (χ4n) is 2.50. The minimum Gasteiger partial charge on any atom is -0.492 e. The second-order valence-electron chi connectivity index (χ2n) is 5.09. The molecule has 0 radical (unpaired) electrons. The number of ether oxygens (including phenoxy) is 4. The van der Waals surface area contributed by atoms with Crippen molar-refractivity contribution in [3.8, 4) is 17.2 Å². The fraction of sp³-hybridized carbons (Fsp3) is 0.529. The molecule has 0 fully saturated rings. The predicted octanol–water partition coefficient (Wildman–Crippen LogP) is 2.26. The number of benzene rings is 1. The number of halogens is 1. The molecule has 8 heteroatoms. The molecule has 0 unspecified atom stereocenters. The molecule has 0 aliphatic rings. The quantitative estimate of drug-likeness (QED) is 0.620. The van der Waals surface area contributed by atoms with Crippen molar-refractivity contribution in [2.24, 2.45) is 0 Å². The number of nitrogens with one attached hydrogen (secondary N) is 1. The summed E-state index contributed by atoms with van der Waals surface area (Å²) in [4.78, 5) is 23.2. The summed E-state index contributed by atoms with van der Waals surface area (Å²) in [5.74, 6) is 0.820. The van der Waals surface area contributed by atoms with Gasteiger partial charge < -0.3 is 24.3 Å². The maximum atomic E-state index is 12.0. The average molecular weight is 418 g/mol. The van der Waals surface area contributed by atoms with Crippen molar-refractivity contribution >= 4 is 27.8 Å². The molecule has 7 nitrogen and oxygen atoms in total. The lowest BCUT2D eigenvalue weighted by molar-refractivity contribution is -0.142. The Hall–Kier alpha value is -1.96. The first kappa shape index (κ1) is 21.1. The lowest BCUT2D eigenvalue weighted by Crippen LogP contribution is -2.23. The first-order valence-electron chi connectivity index (χ1n) is 7.80. The summed E-state index contributed by atoms with van der Waals surface area (Å²) < 4.78 is 22.0. The zero-order valence-electron chi connectivity index (χ0n) is 15.2. The van der Waals surface area contributed by atoms with Gasteiger partial charge in [0.2, 0.25) is 11.7 Å². The van der Waals surface area contributed by atoms with E-state index < -0.39 is 0 Å². The molecule has 0 aliphatic heterocycles. The van der Waals surface area contributed by atoms with Gasteiger partial charge in [-0.1, -0.05) is 0 Å². The van der Waals surface area contributed by atoms with Crippen molar-refractivity contribution in [3.63, 3.8) is 0 Å². The number of carbonyl (C=O) groups is 2. The number of methoxy groups -OCH3 is 3. The lowest BCUT2D eigenvalue weighted by atomic mass is 9.99. The third kappa shape index (κ3) is 5.26. The van der Waals surface area contributed by atoms with Crippen LogP contribution in [0.1, 0.15) is 25.0 Å². The molecule has 25 heavy (non-hydrogen) atoms. The second-order valence-corrected chi connectivity index (χ2v) is 5.88. The van der Waals surface area contributed by atoms with Crippen molar-refractivity contribution < 1.29 is 28.5 Å². The molecule has 0 saturated heterocycles. The standard InChI is InChI=1S/C17H24BrNO6/c1-6-25-13(21)9-12-11(7-8-19-10(2)20)15(22-3)17(24-5)16(23-4)14(12)18/h6-9H2,1-5H3,(H,19,20). The van der Waals surface area contributed by atoms with Gasteiger partial charge in [-0.25, -0.2) is 0 Å². The highest BCUT2D eigenvalue weighted by Gasteiger charge is 2.26. The summed E-state index contributed by atoms with van der Waals surface area (Å²) >= 11 is 3.49. The first-order chi connectivity index (χ1) is 11.9. The van der Waals surface area contributed by atoms with E-state index in [-0.39, 0.29) is 18.3 Å². The third-order valence-corrected chi connectivity index (χ3v) is 4.34. The minimum atomic E-state index is -0.363. The molecule has 1 amide bonds. The van der Waals surface area contributed by atoms with Crippen LogP contribution in [0, 0.1) is 0 Å². The normalized spacial score (nSPS) is 10.2. The van der Waals surface area contributed by atoms with Gasteiger partial charge in [-0.3, -0.25) is 9.59 Å². The van der Waals surface area contributed by atoms with E-state index >= 15 is 0 Å². The summed E-state index contributed by atoms with van der Waals surface area (Å²) in [5.41, 5.74) is 1.42. The van der Waals surface area contributed by atoms with Gasteiger partial charge in [0.25, 0.3) is 0 Å².